The van der Waals surface area contributed by atoms with Crippen molar-refractivity contribution in [2.75, 3.05) is 0 Å². The molecule has 0 aromatic carbocycles. The highest BCUT2D eigenvalue weighted by Crippen LogP contribution is 2.34. The Morgan fingerprint density at radius 2 is 2.44 bits per heavy atom. The van der Waals surface area contributed by atoms with Crippen LogP contribution in [0.1, 0.15) is 43.0 Å². The van der Waals surface area contributed by atoms with E-state index in [1.165, 1.54) is 19.1 Å². The Hall–Kier alpha value is -0.960. The van der Waals surface area contributed by atoms with E-state index in [0.717, 1.165) is 18.8 Å². The summed E-state index contributed by atoms with van der Waals surface area (Å²) in [6.45, 7) is 2.09. The van der Waals surface area contributed by atoms with Gasteiger partial charge in [0.25, 0.3) is 5.91 Å². The van der Waals surface area contributed by atoms with Crippen molar-refractivity contribution < 1.29 is 9.21 Å². The Morgan fingerprint density at radius 3 is 2.94 bits per heavy atom. The van der Waals surface area contributed by atoms with Crippen molar-refractivity contribution in [3.63, 3.8) is 0 Å². The maximum atomic E-state index is 11.8. The molecule has 1 saturated carbocycles. The van der Waals surface area contributed by atoms with Crippen LogP contribution in [0.5, 0.6) is 0 Å². The number of halogens is 1. The second-order valence-corrected chi connectivity index (χ2v) is 4.71. The third kappa shape index (κ3) is 2.79. The van der Waals surface area contributed by atoms with Gasteiger partial charge in [-0.1, -0.05) is 19.8 Å². The maximum absolute atomic E-state index is 11.8. The van der Waals surface area contributed by atoms with Gasteiger partial charge in [-0.2, -0.15) is 0 Å². The van der Waals surface area contributed by atoms with E-state index < -0.39 is 0 Å². The number of amides is 1. The lowest BCUT2D eigenvalue weighted by atomic mass is 10.1. The van der Waals surface area contributed by atoms with E-state index in [0.29, 0.717) is 5.56 Å². The highest BCUT2D eigenvalue weighted by molar-refractivity contribution is 6.32. The number of nitrogens with one attached hydrogen (secondary N) is 1. The van der Waals surface area contributed by atoms with E-state index in [4.69, 9.17) is 16.0 Å². The van der Waals surface area contributed by atoms with Crippen LogP contribution < -0.4 is 5.32 Å². The van der Waals surface area contributed by atoms with E-state index in [1.807, 2.05) is 0 Å². The van der Waals surface area contributed by atoms with Crippen LogP contribution >= 0.6 is 11.6 Å². The zero-order valence-corrected chi connectivity index (χ0v) is 10.1. The quantitative estimate of drug-likeness (QED) is 0.860. The molecule has 1 aromatic heterocycles. The van der Waals surface area contributed by atoms with Crippen LogP contribution in [0, 0.1) is 5.92 Å². The highest BCUT2D eigenvalue weighted by Gasteiger charge is 2.26. The molecule has 16 heavy (non-hydrogen) atoms. The van der Waals surface area contributed by atoms with Crippen molar-refractivity contribution in [1.82, 2.24) is 5.32 Å². The number of hydrogen-bond donors (Lipinski definition) is 1. The summed E-state index contributed by atoms with van der Waals surface area (Å²) in [6.07, 6.45) is 6.08. The molecule has 1 N–H and O–H groups in total. The van der Waals surface area contributed by atoms with E-state index in [1.54, 1.807) is 6.07 Å². The van der Waals surface area contributed by atoms with Gasteiger partial charge in [-0.05, 0) is 36.4 Å². The summed E-state index contributed by atoms with van der Waals surface area (Å²) in [5.74, 6) is 0.677. The lowest BCUT2D eigenvalue weighted by Gasteiger charge is -2.15. The average Bonchev–Trinajstić information content (AvgIpc) is 2.97. The SMILES string of the molecule is CCC(CC1CC1)NC(=O)c1ccoc1Cl. The minimum Gasteiger partial charge on any atom is -0.452 e. The Kier molecular flexibility index (Phi) is 3.54. The second kappa shape index (κ2) is 4.91. The molecule has 3 nitrogen and oxygen atoms in total. The van der Waals surface area contributed by atoms with E-state index in [-0.39, 0.29) is 17.2 Å². The van der Waals surface area contributed by atoms with Crippen LogP contribution in [0.25, 0.3) is 0 Å². The number of hydrogen-bond acceptors (Lipinski definition) is 2. The molecule has 1 aliphatic carbocycles. The second-order valence-electron chi connectivity index (χ2n) is 4.37. The van der Waals surface area contributed by atoms with Crippen LogP contribution in [0.4, 0.5) is 0 Å². The maximum Gasteiger partial charge on any atom is 0.256 e. The Balaban J connectivity index is 1.91. The van der Waals surface area contributed by atoms with Gasteiger partial charge in [0.2, 0.25) is 5.22 Å². The van der Waals surface area contributed by atoms with Gasteiger partial charge in [0.05, 0.1) is 11.8 Å². The number of furan rings is 1. The first-order chi connectivity index (χ1) is 7.70. The Morgan fingerprint density at radius 1 is 1.69 bits per heavy atom. The number of rotatable bonds is 5. The lowest BCUT2D eigenvalue weighted by Crippen LogP contribution is -2.34. The first kappa shape index (κ1) is 11.5. The molecule has 0 aliphatic heterocycles. The monoisotopic (exact) mass is 241 g/mol. The highest BCUT2D eigenvalue weighted by atomic mass is 35.5. The summed E-state index contributed by atoms with van der Waals surface area (Å²) >= 11 is 5.75. The van der Waals surface area contributed by atoms with Crippen LogP contribution in [-0.2, 0) is 0 Å². The molecule has 1 heterocycles. The molecule has 1 fully saturated rings. The van der Waals surface area contributed by atoms with Gasteiger partial charge in [-0.15, -0.1) is 0 Å². The van der Waals surface area contributed by atoms with Gasteiger partial charge >= 0.3 is 0 Å². The standard InChI is InChI=1S/C12H16ClNO2/c1-2-9(7-8-3-4-8)14-12(15)10-5-6-16-11(10)13/h5-6,8-9H,2-4,7H2,1H3,(H,14,15). The van der Waals surface area contributed by atoms with Crippen molar-refractivity contribution in [2.24, 2.45) is 5.92 Å². The summed E-state index contributed by atoms with van der Waals surface area (Å²) in [5, 5.41) is 3.16. The molecule has 1 unspecified atom stereocenters. The molecule has 1 amide bonds. The van der Waals surface area contributed by atoms with Crippen molar-refractivity contribution >= 4 is 17.5 Å². The van der Waals surface area contributed by atoms with Gasteiger partial charge in [0.1, 0.15) is 0 Å². The van der Waals surface area contributed by atoms with Crippen molar-refractivity contribution in [3.8, 4) is 0 Å². The third-order valence-electron chi connectivity index (χ3n) is 3.01. The van der Waals surface area contributed by atoms with Crippen molar-refractivity contribution in [1.29, 1.82) is 0 Å². The molecule has 88 valence electrons. The first-order valence-corrected chi connectivity index (χ1v) is 6.12. The van der Waals surface area contributed by atoms with E-state index in [9.17, 15) is 4.79 Å². The molecule has 0 bridgehead atoms. The molecule has 1 aromatic rings. The molecular formula is C12H16ClNO2. The fourth-order valence-corrected chi connectivity index (χ4v) is 2.00. The number of carbonyl (C=O) groups is 1. The summed E-state index contributed by atoms with van der Waals surface area (Å²) in [5.41, 5.74) is 0.427. The zero-order valence-electron chi connectivity index (χ0n) is 9.33. The normalized spacial score (nSPS) is 17.1. The molecule has 0 spiro atoms. The number of carbonyl (C=O) groups excluding carboxylic acids is 1. The predicted octanol–water partition coefficient (Wildman–Crippen LogP) is 3.24. The van der Waals surface area contributed by atoms with Gasteiger partial charge in [-0.25, -0.2) is 0 Å². The van der Waals surface area contributed by atoms with Crippen molar-refractivity contribution in [3.05, 3.63) is 23.1 Å². The summed E-state index contributed by atoms with van der Waals surface area (Å²) in [6, 6.07) is 1.85. The molecule has 1 atom stereocenters. The zero-order chi connectivity index (χ0) is 11.5. The first-order valence-electron chi connectivity index (χ1n) is 5.74. The summed E-state index contributed by atoms with van der Waals surface area (Å²) in [7, 11) is 0. The third-order valence-corrected chi connectivity index (χ3v) is 3.30. The van der Waals surface area contributed by atoms with Gasteiger partial charge < -0.3 is 9.73 Å². The fraction of sp³-hybridized carbons (Fsp3) is 0.583. The summed E-state index contributed by atoms with van der Waals surface area (Å²) < 4.78 is 4.90. The lowest BCUT2D eigenvalue weighted by molar-refractivity contribution is 0.0932. The van der Waals surface area contributed by atoms with Crippen LogP contribution in [0.15, 0.2) is 16.7 Å². The van der Waals surface area contributed by atoms with E-state index in [2.05, 4.69) is 12.2 Å². The van der Waals surface area contributed by atoms with Crippen LogP contribution in [0.2, 0.25) is 5.22 Å². The Labute approximate surface area is 100 Å². The predicted molar refractivity (Wildman–Crippen MR) is 62.6 cm³/mol. The fourth-order valence-electron chi connectivity index (χ4n) is 1.80. The van der Waals surface area contributed by atoms with Gasteiger partial charge in [0.15, 0.2) is 0 Å². The molecule has 2 rings (SSSR count). The largest absolute Gasteiger partial charge is 0.452 e. The minimum absolute atomic E-state index is 0.133. The molecule has 0 radical (unpaired) electrons. The minimum atomic E-state index is -0.133. The Bertz CT molecular complexity index is 371. The van der Waals surface area contributed by atoms with Crippen LogP contribution in [0.3, 0.4) is 0 Å². The van der Waals surface area contributed by atoms with Gasteiger partial charge in [-0.3, -0.25) is 4.79 Å². The summed E-state index contributed by atoms with van der Waals surface area (Å²) in [4.78, 5) is 11.8. The topological polar surface area (TPSA) is 42.2 Å². The van der Waals surface area contributed by atoms with Crippen LogP contribution in [-0.4, -0.2) is 11.9 Å². The molecule has 1 aliphatic rings. The average molecular weight is 242 g/mol. The van der Waals surface area contributed by atoms with E-state index >= 15 is 0 Å². The molecule has 4 heteroatoms. The molecular weight excluding hydrogens is 226 g/mol. The van der Waals surface area contributed by atoms with Crippen molar-refractivity contribution in [2.45, 2.75) is 38.6 Å². The smallest absolute Gasteiger partial charge is 0.256 e. The van der Waals surface area contributed by atoms with Gasteiger partial charge in [0, 0.05) is 6.04 Å². The molecule has 0 saturated heterocycles.